The van der Waals surface area contributed by atoms with Crippen LogP contribution < -0.4 is 9.47 Å². The van der Waals surface area contributed by atoms with Gasteiger partial charge in [-0.2, -0.15) is 0 Å². The van der Waals surface area contributed by atoms with Gasteiger partial charge in [0.1, 0.15) is 21.7 Å². The fourth-order valence-electron chi connectivity index (χ4n) is 3.09. The van der Waals surface area contributed by atoms with E-state index in [1.807, 2.05) is 29.2 Å². The average molecular weight is 396 g/mol. The van der Waals surface area contributed by atoms with E-state index in [4.69, 9.17) is 9.47 Å². The summed E-state index contributed by atoms with van der Waals surface area (Å²) in [4.78, 5) is 27.9. The number of methoxy groups -OCH3 is 1. The number of benzene rings is 1. The predicted octanol–water partition coefficient (Wildman–Crippen LogP) is 3.29. The van der Waals surface area contributed by atoms with E-state index in [9.17, 15) is 4.79 Å². The van der Waals surface area contributed by atoms with Crippen LogP contribution in [0.1, 0.15) is 22.5 Å². The van der Waals surface area contributed by atoms with Crippen molar-refractivity contribution in [1.29, 1.82) is 0 Å². The van der Waals surface area contributed by atoms with Gasteiger partial charge in [-0.05, 0) is 24.3 Å². The molecule has 0 atom stereocenters. The number of hydrogen-bond donors (Lipinski definition) is 0. The first-order valence-corrected chi connectivity index (χ1v) is 9.87. The van der Waals surface area contributed by atoms with Gasteiger partial charge in [-0.25, -0.2) is 9.97 Å². The Hall–Kier alpha value is -3.00. The molecule has 3 aromatic rings. The van der Waals surface area contributed by atoms with E-state index in [1.165, 1.54) is 11.3 Å². The molecule has 2 aromatic heterocycles. The summed E-state index contributed by atoms with van der Waals surface area (Å²) in [5, 5.41) is 0.826. The van der Waals surface area contributed by atoms with Crippen molar-refractivity contribution in [1.82, 2.24) is 19.9 Å². The molecule has 8 heteroatoms. The normalized spacial score (nSPS) is 14.7. The first-order chi connectivity index (χ1) is 13.7. The minimum atomic E-state index is 0.0233. The Morgan fingerprint density at radius 3 is 2.57 bits per heavy atom. The minimum absolute atomic E-state index is 0.0233. The molecule has 3 heterocycles. The number of nitrogens with zero attached hydrogens (tertiary/aromatic N) is 4. The van der Waals surface area contributed by atoms with Crippen molar-refractivity contribution in [2.45, 2.75) is 18.9 Å². The number of carbonyl (C=O) groups is 1. The number of likely N-dealkylation sites (tertiary alicyclic amines) is 1. The Balaban J connectivity index is 1.36. The van der Waals surface area contributed by atoms with Crippen LogP contribution in [0, 0.1) is 0 Å². The van der Waals surface area contributed by atoms with Gasteiger partial charge in [-0.15, -0.1) is 11.3 Å². The van der Waals surface area contributed by atoms with Crippen LogP contribution in [0.5, 0.6) is 11.6 Å². The van der Waals surface area contributed by atoms with Crippen molar-refractivity contribution in [3.8, 4) is 22.2 Å². The lowest BCUT2D eigenvalue weighted by Crippen LogP contribution is -2.41. The zero-order valence-corrected chi connectivity index (χ0v) is 16.3. The Kier molecular flexibility index (Phi) is 5.48. The number of piperidine rings is 1. The predicted molar refractivity (Wildman–Crippen MR) is 106 cm³/mol. The summed E-state index contributed by atoms with van der Waals surface area (Å²) in [5.41, 5.74) is 0.973. The van der Waals surface area contributed by atoms with Gasteiger partial charge in [-0.1, -0.05) is 0 Å². The van der Waals surface area contributed by atoms with E-state index in [1.54, 1.807) is 31.9 Å². The number of thiazole rings is 1. The molecule has 1 amide bonds. The van der Waals surface area contributed by atoms with Gasteiger partial charge in [-0.3, -0.25) is 9.78 Å². The van der Waals surface area contributed by atoms with Gasteiger partial charge in [0.05, 0.1) is 19.5 Å². The molecule has 0 saturated carbocycles. The van der Waals surface area contributed by atoms with Crippen LogP contribution in [0.4, 0.5) is 0 Å². The molecule has 1 aliphatic rings. The number of aromatic nitrogens is 3. The van der Waals surface area contributed by atoms with Gasteiger partial charge in [0, 0.05) is 43.9 Å². The van der Waals surface area contributed by atoms with Crippen LogP contribution in [0.25, 0.3) is 10.6 Å². The summed E-state index contributed by atoms with van der Waals surface area (Å²) < 4.78 is 11.0. The van der Waals surface area contributed by atoms with Gasteiger partial charge in [0.2, 0.25) is 5.88 Å². The van der Waals surface area contributed by atoms with E-state index < -0.39 is 0 Å². The third-order valence-corrected chi connectivity index (χ3v) is 5.64. The van der Waals surface area contributed by atoms with Crippen LogP contribution in [0.2, 0.25) is 0 Å². The molecule has 0 aliphatic carbocycles. The fraction of sp³-hybridized carbons (Fsp3) is 0.300. The zero-order valence-electron chi connectivity index (χ0n) is 15.4. The molecule has 0 spiro atoms. The lowest BCUT2D eigenvalue weighted by Gasteiger charge is -2.31. The number of hydrogen-bond acceptors (Lipinski definition) is 7. The number of amides is 1. The SMILES string of the molecule is COc1ccc(-c2ncc(C(=O)N3CCC(Oc4cnccn4)CC3)s2)cc1. The van der Waals surface area contributed by atoms with Crippen LogP contribution in [0.15, 0.2) is 49.1 Å². The maximum absolute atomic E-state index is 12.8. The first kappa shape index (κ1) is 18.4. The van der Waals surface area contributed by atoms with Gasteiger partial charge in [0.15, 0.2) is 0 Å². The molecule has 144 valence electrons. The van der Waals surface area contributed by atoms with Gasteiger partial charge < -0.3 is 14.4 Å². The molecular weight excluding hydrogens is 376 g/mol. The van der Waals surface area contributed by atoms with Crippen molar-refractivity contribution in [2.75, 3.05) is 20.2 Å². The third kappa shape index (κ3) is 4.12. The molecule has 0 radical (unpaired) electrons. The zero-order chi connectivity index (χ0) is 19.3. The second kappa shape index (κ2) is 8.35. The van der Waals surface area contributed by atoms with Crippen molar-refractivity contribution < 1.29 is 14.3 Å². The summed E-state index contributed by atoms with van der Waals surface area (Å²) in [7, 11) is 1.64. The van der Waals surface area contributed by atoms with E-state index in [0.717, 1.165) is 29.2 Å². The van der Waals surface area contributed by atoms with Crippen molar-refractivity contribution in [2.24, 2.45) is 0 Å². The number of rotatable bonds is 5. The Bertz CT molecular complexity index is 922. The number of carbonyl (C=O) groups excluding carboxylic acids is 1. The molecule has 1 aliphatic heterocycles. The lowest BCUT2D eigenvalue weighted by atomic mass is 10.1. The molecule has 0 unspecified atom stereocenters. The third-order valence-electron chi connectivity index (χ3n) is 4.61. The maximum Gasteiger partial charge on any atom is 0.265 e. The monoisotopic (exact) mass is 396 g/mol. The molecule has 1 fully saturated rings. The molecule has 0 N–H and O–H groups in total. The Morgan fingerprint density at radius 2 is 1.89 bits per heavy atom. The fourth-order valence-corrected chi connectivity index (χ4v) is 3.98. The molecule has 28 heavy (non-hydrogen) atoms. The highest BCUT2D eigenvalue weighted by atomic mass is 32.1. The largest absolute Gasteiger partial charge is 0.497 e. The molecule has 1 saturated heterocycles. The van der Waals surface area contributed by atoms with E-state index in [0.29, 0.717) is 23.8 Å². The molecule has 7 nitrogen and oxygen atoms in total. The molecule has 1 aromatic carbocycles. The Morgan fingerprint density at radius 1 is 1.11 bits per heavy atom. The Labute approximate surface area is 167 Å². The van der Waals surface area contributed by atoms with Crippen molar-refractivity contribution >= 4 is 17.2 Å². The summed E-state index contributed by atoms with van der Waals surface area (Å²) in [6.07, 6.45) is 8.09. The summed E-state index contributed by atoms with van der Waals surface area (Å²) in [6, 6.07) is 7.67. The minimum Gasteiger partial charge on any atom is -0.497 e. The quantitative estimate of drug-likeness (QED) is 0.659. The highest BCUT2D eigenvalue weighted by Gasteiger charge is 2.26. The van der Waals surface area contributed by atoms with Gasteiger partial charge in [0.25, 0.3) is 5.91 Å². The van der Waals surface area contributed by atoms with Crippen LogP contribution >= 0.6 is 11.3 Å². The lowest BCUT2D eigenvalue weighted by molar-refractivity contribution is 0.0591. The van der Waals surface area contributed by atoms with Crippen LogP contribution in [0.3, 0.4) is 0 Å². The second-order valence-electron chi connectivity index (χ2n) is 6.41. The molecule has 4 rings (SSSR count). The smallest absolute Gasteiger partial charge is 0.265 e. The van der Waals surface area contributed by atoms with E-state index in [2.05, 4.69) is 15.0 Å². The topological polar surface area (TPSA) is 77.4 Å². The van der Waals surface area contributed by atoms with Crippen LogP contribution in [-0.4, -0.2) is 52.1 Å². The van der Waals surface area contributed by atoms with Gasteiger partial charge >= 0.3 is 0 Å². The number of ether oxygens (including phenoxy) is 2. The average Bonchev–Trinajstić information content (AvgIpc) is 3.25. The summed E-state index contributed by atoms with van der Waals surface area (Å²) in [6.45, 7) is 1.30. The summed E-state index contributed by atoms with van der Waals surface area (Å²) >= 11 is 1.41. The standard InChI is InChI=1S/C20H20N4O3S/c1-26-15-4-2-14(3-5-15)19-23-12-17(28-19)20(25)24-10-6-16(7-11-24)27-18-13-21-8-9-22-18/h2-5,8-9,12-13,16H,6-7,10-11H2,1H3. The highest BCUT2D eigenvalue weighted by molar-refractivity contribution is 7.16. The van der Waals surface area contributed by atoms with Crippen molar-refractivity contribution in [3.05, 3.63) is 53.9 Å². The molecule has 0 bridgehead atoms. The van der Waals surface area contributed by atoms with E-state index >= 15 is 0 Å². The molecular formula is C20H20N4O3S. The summed E-state index contributed by atoms with van der Waals surface area (Å²) in [5.74, 6) is 1.34. The van der Waals surface area contributed by atoms with Crippen molar-refractivity contribution in [3.63, 3.8) is 0 Å². The first-order valence-electron chi connectivity index (χ1n) is 9.05. The maximum atomic E-state index is 12.8. The second-order valence-corrected chi connectivity index (χ2v) is 7.44. The van der Waals surface area contributed by atoms with Crippen LogP contribution in [-0.2, 0) is 0 Å². The van der Waals surface area contributed by atoms with E-state index in [-0.39, 0.29) is 12.0 Å². The highest BCUT2D eigenvalue weighted by Crippen LogP contribution is 2.28.